The summed E-state index contributed by atoms with van der Waals surface area (Å²) in [6.07, 6.45) is 4.10. The molecule has 0 aliphatic carbocycles. The number of unbranched alkanes of at least 4 members (excludes halogenated alkanes) is 1. The van der Waals surface area contributed by atoms with E-state index in [4.69, 9.17) is 4.74 Å². The Balaban J connectivity index is 2.51. The van der Waals surface area contributed by atoms with Gasteiger partial charge >= 0.3 is 0 Å². The van der Waals surface area contributed by atoms with Crippen molar-refractivity contribution < 1.29 is 4.74 Å². The first-order chi connectivity index (χ1) is 6.36. The van der Waals surface area contributed by atoms with Gasteiger partial charge in [0.05, 0.1) is 6.61 Å². The predicted octanol–water partition coefficient (Wildman–Crippen LogP) is 3.51. The highest BCUT2D eigenvalue weighted by Gasteiger charge is 1.92. The number of benzene rings is 1. The van der Waals surface area contributed by atoms with E-state index in [0.717, 1.165) is 24.3 Å². The second kappa shape index (κ2) is 5.41. The van der Waals surface area contributed by atoms with E-state index in [0.29, 0.717) is 0 Å². The van der Waals surface area contributed by atoms with Gasteiger partial charge in [-0.15, -0.1) is 0 Å². The van der Waals surface area contributed by atoms with Gasteiger partial charge in [-0.1, -0.05) is 38.1 Å². The number of hydrogen-bond donors (Lipinski definition) is 0. The third-order valence-electron chi connectivity index (χ3n) is 1.86. The molecule has 0 atom stereocenters. The molecule has 0 saturated heterocycles. The number of hydrogen-bond acceptors (Lipinski definition) is 1. The van der Waals surface area contributed by atoms with Crippen LogP contribution in [0.1, 0.15) is 25.3 Å². The van der Waals surface area contributed by atoms with Crippen LogP contribution in [0.25, 0.3) is 6.08 Å². The van der Waals surface area contributed by atoms with Crippen molar-refractivity contribution in [2.45, 2.75) is 19.8 Å². The van der Waals surface area contributed by atoms with E-state index in [1.54, 1.807) is 0 Å². The lowest BCUT2D eigenvalue weighted by Crippen LogP contribution is -1.96. The number of ether oxygens (including phenoxy) is 1. The van der Waals surface area contributed by atoms with Gasteiger partial charge in [-0.3, -0.25) is 0 Å². The Labute approximate surface area is 80.0 Å². The molecule has 1 heteroatoms. The summed E-state index contributed by atoms with van der Waals surface area (Å²) in [5, 5.41) is 0. The fourth-order valence-electron chi connectivity index (χ4n) is 1.07. The van der Waals surface area contributed by atoms with E-state index in [1.165, 1.54) is 6.42 Å². The number of rotatable bonds is 5. The topological polar surface area (TPSA) is 9.23 Å². The van der Waals surface area contributed by atoms with Crippen LogP contribution < -0.4 is 4.74 Å². The van der Waals surface area contributed by atoms with Gasteiger partial charge in [-0.2, -0.15) is 0 Å². The molecular weight excluding hydrogens is 160 g/mol. The fraction of sp³-hybridized carbons (Fsp3) is 0.333. The minimum Gasteiger partial charge on any atom is -0.494 e. The van der Waals surface area contributed by atoms with Crippen LogP contribution >= 0.6 is 0 Å². The van der Waals surface area contributed by atoms with Crippen LogP contribution in [-0.2, 0) is 0 Å². The third-order valence-corrected chi connectivity index (χ3v) is 1.86. The molecule has 0 spiro atoms. The molecular formula is C12H16O. The molecule has 0 radical (unpaired) electrons. The van der Waals surface area contributed by atoms with Gasteiger partial charge in [0.1, 0.15) is 5.75 Å². The van der Waals surface area contributed by atoms with Gasteiger partial charge < -0.3 is 4.74 Å². The molecule has 0 aliphatic heterocycles. The average molecular weight is 176 g/mol. The smallest absolute Gasteiger partial charge is 0.119 e. The van der Waals surface area contributed by atoms with Crippen LogP contribution in [0.4, 0.5) is 0 Å². The normalized spacial score (nSPS) is 9.62. The molecule has 1 aromatic carbocycles. The van der Waals surface area contributed by atoms with E-state index < -0.39 is 0 Å². The maximum atomic E-state index is 5.54. The monoisotopic (exact) mass is 176 g/mol. The third kappa shape index (κ3) is 3.32. The van der Waals surface area contributed by atoms with E-state index in [1.807, 2.05) is 30.3 Å². The first-order valence-electron chi connectivity index (χ1n) is 4.72. The SMILES string of the molecule is C=Cc1cccc(OCCCC)c1. The molecule has 0 aliphatic rings. The highest BCUT2D eigenvalue weighted by atomic mass is 16.5. The molecule has 0 saturated carbocycles. The summed E-state index contributed by atoms with van der Waals surface area (Å²) in [6.45, 7) is 6.67. The van der Waals surface area contributed by atoms with Gasteiger partial charge in [0.15, 0.2) is 0 Å². The van der Waals surface area contributed by atoms with E-state index in [-0.39, 0.29) is 0 Å². The Kier molecular flexibility index (Phi) is 4.10. The molecule has 1 rings (SSSR count). The van der Waals surface area contributed by atoms with Crippen LogP contribution in [0.5, 0.6) is 5.75 Å². The molecule has 13 heavy (non-hydrogen) atoms. The maximum Gasteiger partial charge on any atom is 0.119 e. The summed E-state index contributed by atoms with van der Waals surface area (Å²) in [5.74, 6) is 0.936. The summed E-state index contributed by atoms with van der Waals surface area (Å²) in [6, 6.07) is 7.98. The minimum atomic E-state index is 0.803. The quantitative estimate of drug-likeness (QED) is 0.624. The summed E-state index contributed by atoms with van der Waals surface area (Å²) in [7, 11) is 0. The summed E-state index contributed by atoms with van der Waals surface area (Å²) in [5.41, 5.74) is 1.11. The van der Waals surface area contributed by atoms with Crippen molar-refractivity contribution in [2.24, 2.45) is 0 Å². The largest absolute Gasteiger partial charge is 0.494 e. The van der Waals surface area contributed by atoms with Crippen molar-refractivity contribution in [1.82, 2.24) is 0 Å². The maximum absolute atomic E-state index is 5.54. The molecule has 0 bridgehead atoms. The van der Waals surface area contributed by atoms with Crippen molar-refractivity contribution in [3.05, 3.63) is 36.4 Å². The predicted molar refractivity (Wildman–Crippen MR) is 56.9 cm³/mol. The Bertz CT molecular complexity index is 266. The molecule has 1 aromatic rings. The Hall–Kier alpha value is -1.24. The summed E-state index contributed by atoms with van der Waals surface area (Å²) >= 11 is 0. The summed E-state index contributed by atoms with van der Waals surface area (Å²) in [4.78, 5) is 0. The average Bonchev–Trinajstić information content (AvgIpc) is 2.19. The minimum absolute atomic E-state index is 0.803. The van der Waals surface area contributed by atoms with Crippen LogP contribution in [0.3, 0.4) is 0 Å². The molecule has 0 heterocycles. The Morgan fingerprint density at radius 3 is 3.00 bits per heavy atom. The first-order valence-corrected chi connectivity index (χ1v) is 4.72. The van der Waals surface area contributed by atoms with Gasteiger partial charge in [-0.25, -0.2) is 0 Å². The van der Waals surface area contributed by atoms with Crippen molar-refractivity contribution in [3.63, 3.8) is 0 Å². The zero-order valence-corrected chi connectivity index (χ0v) is 8.12. The van der Waals surface area contributed by atoms with Gasteiger partial charge in [0.2, 0.25) is 0 Å². The van der Waals surface area contributed by atoms with Crippen molar-refractivity contribution in [3.8, 4) is 5.75 Å². The molecule has 0 aromatic heterocycles. The van der Waals surface area contributed by atoms with Crippen LogP contribution in [-0.4, -0.2) is 6.61 Å². The van der Waals surface area contributed by atoms with Gasteiger partial charge in [0, 0.05) is 0 Å². The summed E-state index contributed by atoms with van der Waals surface area (Å²) < 4.78 is 5.54. The van der Waals surface area contributed by atoms with E-state index in [9.17, 15) is 0 Å². The van der Waals surface area contributed by atoms with E-state index >= 15 is 0 Å². The Morgan fingerprint density at radius 1 is 1.46 bits per heavy atom. The van der Waals surface area contributed by atoms with Crippen molar-refractivity contribution in [2.75, 3.05) is 6.61 Å². The molecule has 0 fully saturated rings. The van der Waals surface area contributed by atoms with Crippen LogP contribution in [0.15, 0.2) is 30.8 Å². The van der Waals surface area contributed by atoms with Crippen LogP contribution in [0.2, 0.25) is 0 Å². The highest BCUT2D eigenvalue weighted by Crippen LogP contribution is 2.14. The fourth-order valence-corrected chi connectivity index (χ4v) is 1.07. The lowest BCUT2D eigenvalue weighted by Gasteiger charge is -2.05. The van der Waals surface area contributed by atoms with Crippen molar-refractivity contribution in [1.29, 1.82) is 0 Å². The van der Waals surface area contributed by atoms with Gasteiger partial charge in [0.25, 0.3) is 0 Å². The molecule has 0 N–H and O–H groups in total. The second-order valence-electron chi connectivity index (χ2n) is 2.98. The lowest BCUT2D eigenvalue weighted by atomic mass is 10.2. The zero-order valence-electron chi connectivity index (χ0n) is 8.12. The first kappa shape index (κ1) is 9.85. The molecule has 1 nitrogen and oxygen atoms in total. The van der Waals surface area contributed by atoms with Crippen LogP contribution in [0, 0.1) is 0 Å². The Morgan fingerprint density at radius 2 is 2.31 bits per heavy atom. The standard InChI is InChI=1S/C12H16O/c1-3-5-9-13-12-8-6-7-11(4-2)10-12/h4,6-8,10H,2-3,5,9H2,1H3. The second-order valence-corrected chi connectivity index (χ2v) is 2.98. The lowest BCUT2D eigenvalue weighted by molar-refractivity contribution is 0.309. The van der Waals surface area contributed by atoms with E-state index in [2.05, 4.69) is 13.5 Å². The molecule has 70 valence electrons. The molecule has 0 unspecified atom stereocenters. The molecule has 0 amide bonds. The van der Waals surface area contributed by atoms with Gasteiger partial charge in [-0.05, 0) is 24.1 Å². The van der Waals surface area contributed by atoms with Crippen molar-refractivity contribution >= 4 is 6.08 Å². The highest BCUT2D eigenvalue weighted by molar-refractivity contribution is 5.49. The zero-order chi connectivity index (χ0) is 9.52.